The molecule has 0 bridgehead atoms. The summed E-state index contributed by atoms with van der Waals surface area (Å²) in [6.07, 6.45) is 4.22. The standard InChI is InChI=1S/C16H21NO3/c1-4-13-6-8-14(9-7-13)10-11-15(18)17(5-2)12-16(19)20-3/h6-11H,4-5,12H2,1-3H3. The summed E-state index contributed by atoms with van der Waals surface area (Å²) in [6, 6.07) is 8.02. The minimum absolute atomic E-state index is 0.0229. The van der Waals surface area contributed by atoms with Crippen LogP contribution in [0.15, 0.2) is 30.3 Å². The molecular weight excluding hydrogens is 254 g/mol. The van der Waals surface area contributed by atoms with Gasteiger partial charge in [0.1, 0.15) is 6.54 Å². The van der Waals surface area contributed by atoms with E-state index in [1.807, 2.05) is 31.2 Å². The van der Waals surface area contributed by atoms with Crippen molar-refractivity contribution in [1.29, 1.82) is 0 Å². The first kappa shape index (κ1) is 16.0. The summed E-state index contributed by atoms with van der Waals surface area (Å²) < 4.78 is 4.56. The number of ether oxygens (including phenoxy) is 1. The summed E-state index contributed by atoms with van der Waals surface area (Å²) in [5.74, 6) is -0.613. The molecule has 0 aliphatic heterocycles. The van der Waals surface area contributed by atoms with Crippen molar-refractivity contribution in [1.82, 2.24) is 4.90 Å². The molecule has 0 fully saturated rings. The summed E-state index contributed by atoms with van der Waals surface area (Å²) in [5.41, 5.74) is 2.22. The van der Waals surface area contributed by atoms with Crippen molar-refractivity contribution in [2.45, 2.75) is 20.3 Å². The summed E-state index contributed by atoms with van der Waals surface area (Å²) >= 11 is 0. The van der Waals surface area contributed by atoms with Crippen molar-refractivity contribution in [3.05, 3.63) is 41.5 Å². The fraction of sp³-hybridized carbons (Fsp3) is 0.375. The van der Waals surface area contributed by atoms with Crippen molar-refractivity contribution in [2.75, 3.05) is 20.2 Å². The van der Waals surface area contributed by atoms with Crippen molar-refractivity contribution < 1.29 is 14.3 Å². The summed E-state index contributed by atoms with van der Waals surface area (Å²) in [6.45, 7) is 4.36. The van der Waals surface area contributed by atoms with Gasteiger partial charge in [-0.25, -0.2) is 0 Å². The molecule has 1 aromatic carbocycles. The Morgan fingerprint density at radius 1 is 1.20 bits per heavy atom. The topological polar surface area (TPSA) is 46.6 Å². The predicted octanol–water partition coefficient (Wildman–Crippen LogP) is 2.28. The van der Waals surface area contributed by atoms with E-state index in [2.05, 4.69) is 11.7 Å². The van der Waals surface area contributed by atoms with Crippen LogP contribution in [0.3, 0.4) is 0 Å². The van der Waals surface area contributed by atoms with E-state index in [0.29, 0.717) is 6.54 Å². The van der Waals surface area contributed by atoms with Gasteiger partial charge in [-0.05, 0) is 30.5 Å². The smallest absolute Gasteiger partial charge is 0.325 e. The molecule has 20 heavy (non-hydrogen) atoms. The fourth-order valence-corrected chi connectivity index (χ4v) is 1.70. The molecular formula is C16H21NO3. The van der Waals surface area contributed by atoms with Crippen LogP contribution in [-0.2, 0) is 20.7 Å². The van der Waals surface area contributed by atoms with Gasteiger partial charge in [0.25, 0.3) is 0 Å². The van der Waals surface area contributed by atoms with Crippen LogP contribution < -0.4 is 0 Å². The Hall–Kier alpha value is -2.10. The molecule has 1 amide bonds. The monoisotopic (exact) mass is 275 g/mol. The minimum Gasteiger partial charge on any atom is -0.468 e. The number of methoxy groups -OCH3 is 1. The van der Waals surface area contributed by atoms with E-state index in [0.717, 1.165) is 12.0 Å². The van der Waals surface area contributed by atoms with Crippen molar-refractivity contribution in [3.8, 4) is 0 Å². The number of hydrogen-bond acceptors (Lipinski definition) is 3. The van der Waals surface area contributed by atoms with Gasteiger partial charge in [-0.1, -0.05) is 31.2 Å². The Morgan fingerprint density at radius 2 is 1.85 bits per heavy atom. The van der Waals surface area contributed by atoms with E-state index in [1.54, 1.807) is 6.08 Å². The lowest BCUT2D eigenvalue weighted by molar-refractivity contribution is -0.145. The first-order chi connectivity index (χ1) is 9.60. The first-order valence-corrected chi connectivity index (χ1v) is 6.73. The van der Waals surface area contributed by atoms with Crippen molar-refractivity contribution in [2.24, 2.45) is 0 Å². The van der Waals surface area contributed by atoms with Gasteiger partial charge in [0, 0.05) is 12.6 Å². The van der Waals surface area contributed by atoms with Crippen LogP contribution in [0, 0.1) is 0 Å². The second kappa shape index (κ2) is 8.15. The Kier molecular flexibility index (Phi) is 6.50. The first-order valence-electron chi connectivity index (χ1n) is 6.73. The summed E-state index contributed by atoms with van der Waals surface area (Å²) in [5, 5.41) is 0. The molecule has 0 unspecified atom stereocenters. The molecule has 0 heterocycles. The summed E-state index contributed by atoms with van der Waals surface area (Å²) in [4.78, 5) is 24.6. The van der Waals surface area contributed by atoms with Crippen molar-refractivity contribution >= 4 is 18.0 Å². The van der Waals surface area contributed by atoms with E-state index in [1.165, 1.54) is 23.6 Å². The lowest BCUT2D eigenvalue weighted by Crippen LogP contribution is -2.34. The normalized spacial score (nSPS) is 10.6. The third-order valence-electron chi connectivity index (χ3n) is 3.05. The zero-order chi connectivity index (χ0) is 15.0. The average Bonchev–Trinajstić information content (AvgIpc) is 2.50. The van der Waals surface area contributed by atoms with Gasteiger partial charge in [0.2, 0.25) is 5.91 Å². The molecule has 0 spiro atoms. The zero-order valence-corrected chi connectivity index (χ0v) is 12.3. The van der Waals surface area contributed by atoms with Gasteiger partial charge in [-0.2, -0.15) is 0 Å². The molecule has 0 N–H and O–H groups in total. The van der Waals surface area contributed by atoms with E-state index < -0.39 is 5.97 Å². The van der Waals surface area contributed by atoms with Gasteiger partial charge in [0.15, 0.2) is 0 Å². The fourth-order valence-electron chi connectivity index (χ4n) is 1.70. The number of likely N-dealkylation sites (N-methyl/N-ethyl adjacent to an activating group) is 1. The maximum Gasteiger partial charge on any atom is 0.325 e. The molecule has 4 heteroatoms. The molecule has 4 nitrogen and oxygen atoms in total. The zero-order valence-electron chi connectivity index (χ0n) is 12.3. The van der Waals surface area contributed by atoms with Gasteiger partial charge in [-0.15, -0.1) is 0 Å². The van der Waals surface area contributed by atoms with Crippen LogP contribution >= 0.6 is 0 Å². The quantitative estimate of drug-likeness (QED) is 0.591. The molecule has 0 aromatic heterocycles. The number of amides is 1. The lowest BCUT2D eigenvalue weighted by atomic mass is 10.1. The second-order valence-corrected chi connectivity index (χ2v) is 4.36. The van der Waals surface area contributed by atoms with E-state index in [4.69, 9.17) is 0 Å². The van der Waals surface area contributed by atoms with Gasteiger partial charge in [-0.3, -0.25) is 9.59 Å². The molecule has 1 aromatic rings. The molecule has 0 saturated heterocycles. The Balaban J connectivity index is 2.66. The predicted molar refractivity (Wildman–Crippen MR) is 79.1 cm³/mol. The maximum atomic E-state index is 12.0. The molecule has 0 saturated carbocycles. The van der Waals surface area contributed by atoms with E-state index in [-0.39, 0.29) is 12.5 Å². The third kappa shape index (κ3) is 4.88. The number of rotatable bonds is 6. The highest BCUT2D eigenvalue weighted by Gasteiger charge is 2.12. The van der Waals surface area contributed by atoms with Gasteiger partial charge >= 0.3 is 5.97 Å². The molecule has 0 aliphatic carbocycles. The molecule has 0 atom stereocenters. The number of carbonyl (C=O) groups excluding carboxylic acids is 2. The Labute approximate surface area is 120 Å². The largest absolute Gasteiger partial charge is 0.468 e. The van der Waals surface area contributed by atoms with Crippen LogP contribution in [0.1, 0.15) is 25.0 Å². The second-order valence-electron chi connectivity index (χ2n) is 4.36. The molecule has 0 radical (unpaired) electrons. The maximum absolute atomic E-state index is 12.0. The average molecular weight is 275 g/mol. The number of nitrogens with zero attached hydrogens (tertiary/aromatic N) is 1. The SMILES string of the molecule is CCc1ccc(C=CC(=O)N(CC)CC(=O)OC)cc1. The molecule has 1 rings (SSSR count). The van der Waals surface area contributed by atoms with Gasteiger partial charge < -0.3 is 9.64 Å². The van der Waals surface area contributed by atoms with Crippen LogP contribution in [0.4, 0.5) is 0 Å². The van der Waals surface area contributed by atoms with E-state index in [9.17, 15) is 9.59 Å². The van der Waals surface area contributed by atoms with Gasteiger partial charge in [0.05, 0.1) is 7.11 Å². The highest BCUT2D eigenvalue weighted by Crippen LogP contribution is 2.07. The van der Waals surface area contributed by atoms with E-state index >= 15 is 0 Å². The Morgan fingerprint density at radius 3 is 2.35 bits per heavy atom. The number of carbonyl (C=O) groups is 2. The third-order valence-corrected chi connectivity index (χ3v) is 3.05. The number of esters is 1. The Bertz CT molecular complexity index is 477. The lowest BCUT2D eigenvalue weighted by Gasteiger charge is -2.17. The number of aryl methyl sites for hydroxylation is 1. The van der Waals surface area contributed by atoms with Crippen LogP contribution in [0.5, 0.6) is 0 Å². The number of hydrogen-bond donors (Lipinski definition) is 0. The highest BCUT2D eigenvalue weighted by molar-refractivity contribution is 5.93. The van der Waals surface area contributed by atoms with Crippen molar-refractivity contribution in [3.63, 3.8) is 0 Å². The molecule has 0 aliphatic rings. The number of benzene rings is 1. The highest BCUT2D eigenvalue weighted by atomic mass is 16.5. The van der Waals surface area contributed by atoms with Crippen LogP contribution in [0.2, 0.25) is 0 Å². The summed E-state index contributed by atoms with van der Waals surface area (Å²) in [7, 11) is 1.31. The van der Waals surface area contributed by atoms with Crippen LogP contribution in [-0.4, -0.2) is 37.0 Å². The molecule has 108 valence electrons. The minimum atomic E-state index is -0.416. The van der Waals surface area contributed by atoms with Crippen LogP contribution in [0.25, 0.3) is 6.08 Å².